The minimum atomic E-state index is -1.07. The van der Waals surface area contributed by atoms with Crippen molar-refractivity contribution < 1.29 is 23.9 Å². The summed E-state index contributed by atoms with van der Waals surface area (Å²) in [5.41, 5.74) is 1.50. The maximum atomic E-state index is 13.4. The molecule has 7 heteroatoms. The molecule has 2 amide bonds. The van der Waals surface area contributed by atoms with E-state index in [1.165, 1.54) is 0 Å². The lowest BCUT2D eigenvalue weighted by Gasteiger charge is -2.26. The molecule has 2 N–H and O–H groups in total. The minimum Gasteiger partial charge on any atom is -0.458 e. The van der Waals surface area contributed by atoms with Crippen molar-refractivity contribution in [2.45, 2.75) is 51.5 Å². The third kappa shape index (κ3) is 8.58. The van der Waals surface area contributed by atoms with Gasteiger partial charge in [0.25, 0.3) is 0 Å². The fourth-order valence-electron chi connectivity index (χ4n) is 3.50. The number of nitrogens with one attached hydrogen (secondary N) is 2. The fourth-order valence-corrected chi connectivity index (χ4v) is 3.50. The van der Waals surface area contributed by atoms with E-state index in [0.717, 1.165) is 11.1 Å². The number of esters is 1. The molecule has 0 spiro atoms. The number of rotatable bonds is 9. The number of alkyl carbamates (subject to hydrolysis) is 1. The lowest BCUT2D eigenvalue weighted by molar-refractivity contribution is -0.158. The monoisotopic (exact) mass is 488 g/mol. The van der Waals surface area contributed by atoms with Crippen molar-refractivity contribution in [2.24, 2.45) is 0 Å². The molecule has 0 unspecified atom stereocenters. The topological polar surface area (TPSA) is 93.7 Å². The number of amides is 2. The van der Waals surface area contributed by atoms with E-state index < -0.39 is 35.7 Å². The predicted octanol–water partition coefficient (Wildman–Crippen LogP) is 4.72. The van der Waals surface area contributed by atoms with E-state index in [2.05, 4.69) is 10.6 Å². The Morgan fingerprint density at radius 1 is 0.750 bits per heavy atom. The highest BCUT2D eigenvalue weighted by molar-refractivity contribution is 5.90. The maximum Gasteiger partial charge on any atom is 0.408 e. The Balaban J connectivity index is 1.77. The maximum absolute atomic E-state index is 13.4. The normalized spacial score (nSPS) is 12.6. The Labute approximate surface area is 211 Å². The fraction of sp³-hybridized carbons (Fsp3) is 0.276. The van der Waals surface area contributed by atoms with Crippen LogP contribution >= 0.6 is 0 Å². The van der Waals surface area contributed by atoms with Gasteiger partial charge in [0.15, 0.2) is 0 Å². The zero-order valence-corrected chi connectivity index (χ0v) is 20.8. The van der Waals surface area contributed by atoms with Crippen LogP contribution in [0.15, 0.2) is 91.0 Å². The average molecular weight is 489 g/mol. The SMILES string of the molecule is CC(C)(C)OC(=O)[C@H](Cc1ccccc1)NC(=O)[C@@H](NC(=O)OCc1ccccc1)c1ccccc1. The van der Waals surface area contributed by atoms with Crippen LogP contribution < -0.4 is 10.6 Å². The smallest absolute Gasteiger partial charge is 0.408 e. The number of carbonyl (C=O) groups excluding carboxylic acids is 3. The van der Waals surface area contributed by atoms with Crippen molar-refractivity contribution in [1.82, 2.24) is 10.6 Å². The zero-order valence-electron chi connectivity index (χ0n) is 20.8. The van der Waals surface area contributed by atoms with Crippen molar-refractivity contribution in [3.8, 4) is 0 Å². The molecule has 3 rings (SSSR count). The summed E-state index contributed by atoms with van der Waals surface area (Å²) in [6.45, 7) is 5.36. The molecule has 0 fully saturated rings. The van der Waals surface area contributed by atoms with Crippen LogP contribution in [-0.4, -0.2) is 29.6 Å². The van der Waals surface area contributed by atoms with Crippen molar-refractivity contribution >= 4 is 18.0 Å². The van der Waals surface area contributed by atoms with Gasteiger partial charge in [-0.15, -0.1) is 0 Å². The molecule has 3 aromatic rings. The number of hydrogen-bond donors (Lipinski definition) is 2. The van der Waals surface area contributed by atoms with Gasteiger partial charge in [0.2, 0.25) is 5.91 Å². The Morgan fingerprint density at radius 3 is 1.83 bits per heavy atom. The highest BCUT2D eigenvalue weighted by Gasteiger charge is 2.31. The first kappa shape index (κ1) is 26.5. The minimum absolute atomic E-state index is 0.0599. The van der Waals surface area contributed by atoms with Crippen LogP contribution in [0.4, 0.5) is 4.79 Å². The summed E-state index contributed by atoms with van der Waals surface area (Å²) >= 11 is 0. The van der Waals surface area contributed by atoms with Gasteiger partial charge >= 0.3 is 12.1 Å². The molecule has 36 heavy (non-hydrogen) atoms. The van der Waals surface area contributed by atoms with E-state index >= 15 is 0 Å². The average Bonchev–Trinajstić information content (AvgIpc) is 2.86. The standard InChI is InChI=1S/C29H32N2O5/c1-29(2,3)36-27(33)24(19-21-13-7-4-8-14-21)30-26(32)25(23-17-11-6-12-18-23)31-28(34)35-20-22-15-9-5-10-16-22/h4-18,24-25H,19-20H2,1-3H3,(H,30,32)(H,31,34)/t24-,25-/m0/s1. The van der Waals surface area contributed by atoms with Gasteiger partial charge in [0.1, 0.15) is 24.3 Å². The Bertz CT molecular complexity index is 1130. The van der Waals surface area contributed by atoms with Crippen molar-refractivity contribution in [1.29, 1.82) is 0 Å². The molecule has 0 aromatic heterocycles. The van der Waals surface area contributed by atoms with Crippen LogP contribution in [-0.2, 0) is 32.1 Å². The lowest BCUT2D eigenvalue weighted by atomic mass is 10.0. The van der Waals surface area contributed by atoms with Crippen LogP contribution in [0, 0.1) is 0 Å². The van der Waals surface area contributed by atoms with Crippen LogP contribution in [0.25, 0.3) is 0 Å². The molecule has 0 radical (unpaired) electrons. The summed E-state index contributed by atoms with van der Waals surface area (Å²) in [5.74, 6) is -1.11. The van der Waals surface area contributed by atoms with Crippen molar-refractivity contribution in [3.05, 3.63) is 108 Å². The molecule has 188 valence electrons. The van der Waals surface area contributed by atoms with E-state index in [0.29, 0.717) is 5.56 Å². The summed E-state index contributed by atoms with van der Waals surface area (Å²) in [5, 5.41) is 5.42. The third-order valence-corrected chi connectivity index (χ3v) is 5.16. The van der Waals surface area contributed by atoms with E-state index in [9.17, 15) is 14.4 Å². The molecular weight excluding hydrogens is 456 g/mol. The number of carbonyl (C=O) groups is 3. The van der Waals surface area contributed by atoms with Crippen LogP contribution in [0.1, 0.15) is 43.5 Å². The second-order valence-corrected chi connectivity index (χ2v) is 9.33. The third-order valence-electron chi connectivity index (χ3n) is 5.16. The summed E-state index contributed by atoms with van der Waals surface area (Å²) in [6.07, 6.45) is -0.513. The molecule has 0 saturated heterocycles. The number of benzene rings is 3. The van der Waals surface area contributed by atoms with Gasteiger partial charge in [-0.25, -0.2) is 9.59 Å². The Kier molecular flexibility index (Phi) is 9.22. The summed E-state index contributed by atoms with van der Waals surface area (Å²) in [7, 11) is 0. The first-order valence-corrected chi connectivity index (χ1v) is 11.8. The van der Waals surface area contributed by atoms with Gasteiger partial charge in [-0.05, 0) is 37.5 Å². The molecule has 0 heterocycles. The van der Waals surface area contributed by atoms with E-state index in [1.54, 1.807) is 45.0 Å². The Morgan fingerprint density at radius 2 is 1.28 bits per heavy atom. The van der Waals surface area contributed by atoms with E-state index in [-0.39, 0.29) is 13.0 Å². The largest absolute Gasteiger partial charge is 0.458 e. The molecule has 0 aliphatic rings. The molecule has 0 aliphatic heterocycles. The summed E-state index contributed by atoms with van der Waals surface area (Å²) in [4.78, 5) is 39.0. The van der Waals surface area contributed by atoms with Crippen LogP contribution in [0.2, 0.25) is 0 Å². The zero-order chi connectivity index (χ0) is 26.0. The predicted molar refractivity (Wildman–Crippen MR) is 137 cm³/mol. The van der Waals surface area contributed by atoms with E-state index in [4.69, 9.17) is 9.47 Å². The van der Waals surface area contributed by atoms with Gasteiger partial charge in [-0.3, -0.25) is 4.79 Å². The molecule has 3 aromatic carbocycles. The highest BCUT2D eigenvalue weighted by Crippen LogP contribution is 2.16. The van der Waals surface area contributed by atoms with E-state index in [1.807, 2.05) is 66.7 Å². The molecular formula is C29H32N2O5. The van der Waals surface area contributed by atoms with Gasteiger partial charge in [-0.1, -0.05) is 91.0 Å². The second kappa shape index (κ2) is 12.5. The van der Waals surface area contributed by atoms with Crippen LogP contribution in [0.5, 0.6) is 0 Å². The molecule has 0 bridgehead atoms. The molecule has 0 saturated carbocycles. The van der Waals surface area contributed by atoms with Crippen molar-refractivity contribution in [3.63, 3.8) is 0 Å². The first-order chi connectivity index (χ1) is 17.2. The second-order valence-electron chi connectivity index (χ2n) is 9.33. The molecule has 7 nitrogen and oxygen atoms in total. The lowest BCUT2D eigenvalue weighted by Crippen LogP contribution is -2.49. The van der Waals surface area contributed by atoms with Gasteiger partial charge in [0, 0.05) is 6.42 Å². The number of ether oxygens (including phenoxy) is 2. The highest BCUT2D eigenvalue weighted by atomic mass is 16.6. The van der Waals surface area contributed by atoms with Gasteiger partial charge in [-0.2, -0.15) is 0 Å². The number of hydrogen-bond acceptors (Lipinski definition) is 5. The summed E-state index contributed by atoms with van der Waals surface area (Å²) < 4.78 is 10.9. The van der Waals surface area contributed by atoms with Gasteiger partial charge in [0.05, 0.1) is 0 Å². The quantitative estimate of drug-likeness (QED) is 0.425. The summed E-state index contributed by atoms with van der Waals surface area (Å²) in [6, 6.07) is 25.3. The van der Waals surface area contributed by atoms with Crippen molar-refractivity contribution in [2.75, 3.05) is 0 Å². The molecule has 0 aliphatic carbocycles. The Hall–Kier alpha value is -4.13. The van der Waals surface area contributed by atoms with Gasteiger partial charge < -0.3 is 20.1 Å². The first-order valence-electron chi connectivity index (χ1n) is 11.8. The van der Waals surface area contributed by atoms with Crippen LogP contribution in [0.3, 0.4) is 0 Å². The molecule has 2 atom stereocenters.